The Kier molecular flexibility index (Phi) is 7.20. The van der Waals surface area contributed by atoms with Gasteiger partial charge < -0.3 is 5.32 Å². The Bertz CT molecular complexity index is 1120. The summed E-state index contributed by atoms with van der Waals surface area (Å²) in [5, 5.41) is 14.4. The summed E-state index contributed by atoms with van der Waals surface area (Å²) in [6, 6.07) is 9.11. The molecule has 1 amide bonds. The lowest BCUT2D eigenvalue weighted by atomic mass is 9.98. The van der Waals surface area contributed by atoms with Crippen molar-refractivity contribution in [2.24, 2.45) is 5.92 Å². The number of piperidine rings is 1. The first-order chi connectivity index (χ1) is 14.6. The molecular formula is C20H21Cl2N3O5S. The van der Waals surface area contributed by atoms with Gasteiger partial charge in [-0.25, -0.2) is 12.7 Å². The van der Waals surface area contributed by atoms with Crippen LogP contribution in [0, 0.1) is 23.0 Å². The highest BCUT2D eigenvalue weighted by Gasteiger charge is 2.33. The third kappa shape index (κ3) is 5.54. The number of hydrogen-bond donors (Lipinski definition) is 1. The summed E-state index contributed by atoms with van der Waals surface area (Å²) in [6.07, 6.45) is 1.06. The van der Waals surface area contributed by atoms with Crippen LogP contribution in [0.1, 0.15) is 24.0 Å². The average Bonchev–Trinajstić information content (AvgIpc) is 2.72. The zero-order valence-electron chi connectivity index (χ0n) is 16.7. The van der Waals surface area contributed by atoms with Gasteiger partial charge in [-0.15, -0.1) is 0 Å². The van der Waals surface area contributed by atoms with Crippen LogP contribution in [0.2, 0.25) is 10.0 Å². The topological polar surface area (TPSA) is 110 Å². The van der Waals surface area contributed by atoms with E-state index in [0.29, 0.717) is 41.2 Å². The second kappa shape index (κ2) is 9.52. The lowest BCUT2D eigenvalue weighted by molar-refractivity contribution is -0.385. The summed E-state index contributed by atoms with van der Waals surface area (Å²) in [5.41, 5.74) is 1.11. The van der Waals surface area contributed by atoms with Crippen molar-refractivity contribution in [1.82, 2.24) is 4.31 Å². The fraction of sp³-hybridized carbons (Fsp3) is 0.350. The Balaban J connectivity index is 1.71. The van der Waals surface area contributed by atoms with E-state index in [1.165, 1.54) is 22.5 Å². The predicted octanol–water partition coefficient (Wildman–Crippen LogP) is 4.39. The smallest absolute Gasteiger partial charge is 0.274 e. The first kappa shape index (κ1) is 23.5. The number of halogens is 2. The molecule has 3 rings (SSSR count). The molecule has 1 atom stereocenters. The van der Waals surface area contributed by atoms with Gasteiger partial charge >= 0.3 is 0 Å². The number of carbonyl (C=O) groups is 1. The van der Waals surface area contributed by atoms with Crippen molar-refractivity contribution in [2.75, 3.05) is 18.4 Å². The lowest BCUT2D eigenvalue weighted by Gasteiger charge is -2.31. The fourth-order valence-electron chi connectivity index (χ4n) is 3.53. The van der Waals surface area contributed by atoms with E-state index in [1.54, 1.807) is 25.1 Å². The molecule has 31 heavy (non-hydrogen) atoms. The Morgan fingerprint density at radius 2 is 2.00 bits per heavy atom. The van der Waals surface area contributed by atoms with Crippen LogP contribution in [0.25, 0.3) is 0 Å². The highest BCUT2D eigenvalue weighted by Crippen LogP contribution is 2.28. The van der Waals surface area contributed by atoms with Crippen molar-refractivity contribution < 1.29 is 18.1 Å². The van der Waals surface area contributed by atoms with Crippen molar-refractivity contribution in [1.29, 1.82) is 0 Å². The first-order valence-corrected chi connectivity index (χ1v) is 11.9. The molecule has 0 saturated carbocycles. The first-order valence-electron chi connectivity index (χ1n) is 9.55. The summed E-state index contributed by atoms with van der Waals surface area (Å²) in [6.45, 7) is 1.93. The minimum absolute atomic E-state index is 0.0451. The van der Waals surface area contributed by atoms with Gasteiger partial charge in [0.1, 0.15) is 0 Å². The number of benzene rings is 2. The molecule has 2 aromatic rings. The highest BCUT2D eigenvalue weighted by atomic mass is 35.5. The molecule has 166 valence electrons. The van der Waals surface area contributed by atoms with Crippen LogP contribution in [0.4, 0.5) is 11.4 Å². The summed E-state index contributed by atoms with van der Waals surface area (Å²) < 4.78 is 27.1. The van der Waals surface area contributed by atoms with Crippen LogP contribution in [0.15, 0.2) is 36.4 Å². The van der Waals surface area contributed by atoms with Crippen LogP contribution in [0.5, 0.6) is 0 Å². The van der Waals surface area contributed by atoms with Crippen LogP contribution in [-0.4, -0.2) is 36.6 Å². The van der Waals surface area contributed by atoms with Crippen molar-refractivity contribution in [3.63, 3.8) is 0 Å². The van der Waals surface area contributed by atoms with Crippen LogP contribution in [0.3, 0.4) is 0 Å². The molecule has 0 bridgehead atoms. The molecular weight excluding hydrogens is 465 g/mol. The third-order valence-corrected chi connectivity index (χ3v) is 7.80. The fourth-order valence-corrected chi connectivity index (χ4v) is 5.45. The van der Waals surface area contributed by atoms with E-state index in [0.717, 1.165) is 0 Å². The zero-order chi connectivity index (χ0) is 22.8. The number of anilines is 1. The van der Waals surface area contributed by atoms with E-state index in [4.69, 9.17) is 23.2 Å². The Hall–Kier alpha value is -2.20. The maximum Gasteiger partial charge on any atom is 0.274 e. The molecule has 0 aliphatic carbocycles. The van der Waals surface area contributed by atoms with Gasteiger partial charge in [0, 0.05) is 19.2 Å². The number of amides is 1. The monoisotopic (exact) mass is 485 g/mol. The minimum atomic E-state index is -3.67. The van der Waals surface area contributed by atoms with Crippen molar-refractivity contribution >= 4 is 50.5 Å². The maximum atomic E-state index is 12.9. The molecule has 0 aromatic heterocycles. The van der Waals surface area contributed by atoms with E-state index in [2.05, 4.69) is 5.32 Å². The van der Waals surface area contributed by atoms with Gasteiger partial charge in [0.05, 0.1) is 37.9 Å². The van der Waals surface area contributed by atoms with E-state index in [-0.39, 0.29) is 28.9 Å². The zero-order valence-corrected chi connectivity index (χ0v) is 19.0. The van der Waals surface area contributed by atoms with Crippen molar-refractivity contribution in [3.8, 4) is 0 Å². The molecule has 0 spiro atoms. The van der Waals surface area contributed by atoms with Gasteiger partial charge in [-0.2, -0.15) is 0 Å². The molecule has 0 unspecified atom stereocenters. The number of nitro benzene ring substituents is 1. The molecule has 1 N–H and O–H groups in total. The second-order valence-corrected chi connectivity index (χ2v) is 10.2. The van der Waals surface area contributed by atoms with E-state index in [1.807, 2.05) is 0 Å². The van der Waals surface area contributed by atoms with Crippen LogP contribution in [-0.2, 0) is 20.6 Å². The van der Waals surface area contributed by atoms with Crippen LogP contribution < -0.4 is 5.32 Å². The van der Waals surface area contributed by atoms with Crippen molar-refractivity contribution in [3.05, 3.63) is 67.7 Å². The summed E-state index contributed by atoms with van der Waals surface area (Å²) in [7, 11) is -3.67. The molecule has 1 aliphatic heterocycles. The molecule has 0 radical (unpaired) electrons. The van der Waals surface area contributed by atoms with Crippen LogP contribution >= 0.6 is 23.2 Å². The maximum absolute atomic E-state index is 12.9. The van der Waals surface area contributed by atoms with Gasteiger partial charge in [-0.1, -0.05) is 35.3 Å². The van der Waals surface area contributed by atoms with Gasteiger partial charge in [-0.05, 0) is 43.5 Å². The highest BCUT2D eigenvalue weighted by molar-refractivity contribution is 7.88. The van der Waals surface area contributed by atoms with Gasteiger partial charge in [0.15, 0.2) is 0 Å². The molecule has 1 saturated heterocycles. The Labute approximate surface area is 190 Å². The van der Waals surface area contributed by atoms with E-state index >= 15 is 0 Å². The summed E-state index contributed by atoms with van der Waals surface area (Å²) >= 11 is 11.9. The molecule has 1 aliphatic rings. The molecule has 1 heterocycles. The SMILES string of the molecule is Cc1c(NC(=O)[C@@H]2CCCN(S(=O)(=O)Cc3ccc(Cl)c(Cl)c3)C2)cccc1[N+](=O)[O-]. The summed E-state index contributed by atoms with van der Waals surface area (Å²) in [4.78, 5) is 23.4. The number of rotatable bonds is 6. The quantitative estimate of drug-likeness (QED) is 0.481. The number of nitrogens with one attached hydrogen (secondary N) is 1. The number of nitro groups is 1. The largest absolute Gasteiger partial charge is 0.325 e. The molecule has 2 aromatic carbocycles. The standard InChI is InChI=1S/C20H21Cl2N3O5S/c1-13-18(5-2-6-19(13)25(27)28)23-20(26)15-4-3-9-24(11-15)31(29,30)12-14-7-8-16(21)17(22)10-14/h2,5-8,10,15H,3-4,9,11-12H2,1H3,(H,23,26)/t15-/m1/s1. The molecule has 1 fully saturated rings. The summed E-state index contributed by atoms with van der Waals surface area (Å²) in [5.74, 6) is -1.17. The van der Waals surface area contributed by atoms with Crippen molar-refractivity contribution in [2.45, 2.75) is 25.5 Å². The number of hydrogen-bond acceptors (Lipinski definition) is 5. The second-order valence-electron chi connectivity index (χ2n) is 7.40. The third-order valence-electron chi connectivity index (χ3n) is 5.24. The lowest BCUT2D eigenvalue weighted by Crippen LogP contribution is -2.44. The van der Waals surface area contributed by atoms with Gasteiger partial charge in [0.25, 0.3) is 5.69 Å². The van der Waals surface area contributed by atoms with Gasteiger partial charge in [-0.3, -0.25) is 14.9 Å². The molecule has 11 heteroatoms. The van der Waals surface area contributed by atoms with E-state index in [9.17, 15) is 23.3 Å². The van der Waals surface area contributed by atoms with E-state index < -0.39 is 20.9 Å². The number of sulfonamides is 1. The minimum Gasteiger partial charge on any atom is -0.325 e. The number of nitrogens with zero attached hydrogens (tertiary/aromatic N) is 2. The van der Waals surface area contributed by atoms with Gasteiger partial charge in [0.2, 0.25) is 15.9 Å². The number of carbonyl (C=O) groups excluding carboxylic acids is 1. The molecule has 8 nitrogen and oxygen atoms in total. The Morgan fingerprint density at radius 1 is 1.26 bits per heavy atom. The average molecular weight is 486 g/mol. The predicted molar refractivity (Wildman–Crippen MR) is 120 cm³/mol. The Morgan fingerprint density at radius 3 is 2.68 bits per heavy atom. The normalized spacial score (nSPS) is 17.3.